The summed E-state index contributed by atoms with van der Waals surface area (Å²) < 4.78 is 61.9. The van der Waals surface area contributed by atoms with Crippen molar-refractivity contribution in [3.63, 3.8) is 0 Å². The van der Waals surface area contributed by atoms with Crippen LogP contribution in [-0.2, 0) is 23.9 Å². The third kappa shape index (κ3) is 1.75. The maximum absolute atomic E-state index is 13.3. The minimum Gasteiger partial charge on any atom is -0.477 e. The highest BCUT2D eigenvalue weighted by Gasteiger charge is 2.70. The van der Waals surface area contributed by atoms with Crippen LogP contribution in [0, 0.1) is 17.8 Å². The van der Waals surface area contributed by atoms with Crippen molar-refractivity contribution >= 4 is 17.9 Å². The molecule has 6 nitrogen and oxygen atoms in total. The fraction of sp³-hybridized carbons (Fsp3) is 0.750. The summed E-state index contributed by atoms with van der Waals surface area (Å²) in [5.41, 5.74) is 0. The number of rotatable bonds is 4. The van der Waals surface area contributed by atoms with Gasteiger partial charge in [0.2, 0.25) is 0 Å². The van der Waals surface area contributed by atoms with Gasteiger partial charge in [0.15, 0.2) is 0 Å². The molecule has 2 aliphatic carbocycles. The van der Waals surface area contributed by atoms with Crippen molar-refractivity contribution in [1.29, 1.82) is 0 Å². The predicted octanol–water partition coefficient (Wildman–Crippen LogP) is 0.835. The molecule has 0 aromatic carbocycles. The van der Waals surface area contributed by atoms with Crippen molar-refractivity contribution in [2.45, 2.75) is 36.9 Å². The first-order valence-corrected chi connectivity index (χ1v) is 6.48. The lowest BCUT2D eigenvalue weighted by molar-refractivity contribution is -0.240. The summed E-state index contributed by atoms with van der Waals surface area (Å²) in [5, 5.41) is 8.12. The molecule has 2 saturated carbocycles. The van der Waals surface area contributed by atoms with Crippen LogP contribution in [0.2, 0.25) is 0 Å². The summed E-state index contributed by atoms with van der Waals surface area (Å²) in [6.45, 7) is 0. The Morgan fingerprint density at radius 1 is 1.18 bits per heavy atom. The zero-order chi connectivity index (χ0) is 16.4. The molecular formula is C12H10F4O6. The molecule has 22 heavy (non-hydrogen) atoms. The van der Waals surface area contributed by atoms with E-state index in [1.807, 2.05) is 0 Å². The molecule has 0 aromatic heterocycles. The van der Waals surface area contributed by atoms with E-state index in [2.05, 4.69) is 4.74 Å². The Morgan fingerprint density at radius 3 is 2.41 bits per heavy atom. The highest BCUT2D eigenvalue weighted by molar-refractivity contribution is 5.89. The minimum atomic E-state index is -5.59. The van der Waals surface area contributed by atoms with Crippen LogP contribution in [-0.4, -0.2) is 47.1 Å². The van der Waals surface area contributed by atoms with E-state index >= 15 is 0 Å². The maximum atomic E-state index is 13.3. The highest BCUT2D eigenvalue weighted by atomic mass is 19.3. The smallest absolute Gasteiger partial charge is 0.415 e. The third-order valence-corrected chi connectivity index (χ3v) is 4.58. The van der Waals surface area contributed by atoms with Crippen molar-refractivity contribution in [3.8, 4) is 0 Å². The van der Waals surface area contributed by atoms with Crippen LogP contribution in [0.5, 0.6) is 0 Å². The van der Waals surface area contributed by atoms with Crippen LogP contribution < -0.4 is 0 Å². The number of ether oxygens (including phenoxy) is 2. The van der Waals surface area contributed by atoms with Gasteiger partial charge in [0.1, 0.15) is 12.2 Å². The zero-order valence-corrected chi connectivity index (χ0v) is 10.8. The molecule has 2 bridgehead atoms. The van der Waals surface area contributed by atoms with Gasteiger partial charge in [-0.05, 0) is 12.8 Å². The number of carbonyl (C=O) groups excluding carboxylic acids is 2. The van der Waals surface area contributed by atoms with Crippen molar-refractivity contribution in [2.75, 3.05) is 0 Å². The molecule has 0 aromatic rings. The number of carboxylic acid groups (broad SMARTS) is 1. The summed E-state index contributed by atoms with van der Waals surface area (Å²) in [5.74, 6) is -18.4. The van der Waals surface area contributed by atoms with Gasteiger partial charge in [0.05, 0.1) is 5.92 Å². The first-order chi connectivity index (χ1) is 10.1. The Kier molecular flexibility index (Phi) is 2.96. The van der Waals surface area contributed by atoms with Gasteiger partial charge in [-0.25, -0.2) is 9.59 Å². The van der Waals surface area contributed by atoms with Gasteiger partial charge in [0, 0.05) is 11.8 Å². The molecule has 5 atom stereocenters. The lowest BCUT2D eigenvalue weighted by Gasteiger charge is -2.28. The summed E-state index contributed by atoms with van der Waals surface area (Å²) in [6.07, 6.45) is -1.47. The molecule has 1 saturated heterocycles. The van der Waals surface area contributed by atoms with E-state index in [1.54, 1.807) is 0 Å². The molecule has 3 fully saturated rings. The average Bonchev–Trinajstić information content (AvgIpc) is 3.02. The van der Waals surface area contributed by atoms with Gasteiger partial charge in [-0.2, -0.15) is 17.6 Å². The summed E-state index contributed by atoms with van der Waals surface area (Å²) in [4.78, 5) is 33.0. The topological polar surface area (TPSA) is 89.9 Å². The van der Waals surface area contributed by atoms with Crippen LogP contribution >= 0.6 is 0 Å². The Labute approximate surface area is 120 Å². The molecule has 0 radical (unpaired) electrons. The van der Waals surface area contributed by atoms with Gasteiger partial charge < -0.3 is 14.6 Å². The molecule has 1 N–H and O–H groups in total. The number of aliphatic carboxylic acids is 1. The number of halogens is 4. The number of fused-ring (bicyclic) bond motifs is 1. The van der Waals surface area contributed by atoms with Gasteiger partial charge in [-0.1, -0.05) is 0 Å². The second kappa shape index (κ2) is 4.32. The molecule has 1 aliphatic heterocycles. The monoisotopic (exact) mass is 326 g/mol. The van der Waals surface area contributed by atoms with Crippen LogP contribution in [0.3, 0.4) is 0 Å². The second-order valence-electron chi connectivity index (χ2n) is 5.73. The molecule has 3 rings (SSSR count). The fourth-order valence-electron chi connectivity index (χ4n) is 3.52. The van der Waals surface area contributed by atoms with Gasteiger partial charge in [-0.15, -0.1) is 0 Å². The van der Waals surface area contributed by atoms with E-state index in [1.165, 1.54) is 0 Å². The van der Waals surface area contributed by atoms with Crippen molar-refractivity contribution in [1.82, 2.24) is 0 Å². The first kappa shape index (κ1) is 15.0. The number of esters is 2. The van der Waals surface area contributed by atoms with Crippen molar-refractivity contribution in [2.24, 2.45) is 17.8 Å². The van der Waals surface area contributed by atoms with Crippen LogP contribution in [0.15, 0.2) is 0 Å². The lowest BCUT2D eigenvalue weighted by atomic mass is 9.88. The summed E-state index contributed by atoms with van der Waals surface area (Å²) >= 11 is 0. The quantitative estimate of drug-likeness (QED) is 0.608. The van der Waals surface area contributed by atoms with Crippen LogP contribution in [0.4, 0.5) is 17.6 Å². The number of carboxylic acids is 1. The van der Waals surface area contributed by atoms with Crippen LogP contribution in [0.1, 0.15) is 12.8 Å². The van der Waals surface area contributed by atoms with Gasteiger partial charge in [0.25, 0.3) is 0 Å². The highest BCUT2D eigenvalue weighted by Crippen LogP contribution is 2.55. The zero-order valence-electron chi connectivity index (χ0n) is 10.8. The largest absolute Gasteiger partial charge is 0.477 e. The van der Waals surface area contributed by atoms with Crippen LogP contribution in [0.25, 0.3) is 0 Å². The summed E-state index contributed by atoms with van der Waals surface area (Å²) in [7, 11) is 0. The number of hydrogen-bond acceptors (Lipinski definition) is 5. The summed E-state index contributed by atoms with van der Waals surface area (Å²) in [6, 6.07) is 0. The molecule has 1 heterocycles. The lowest BCUT2D eigenvalue weighted by Crippen LogP contribution is -2.54. The molecule has 5 unspecified atom stereocenters. The third-order valence-electron chi connectivity index (χ3n) is 4.58. The normalized spacial score (nSPS) is 36.4. The Bertz CT molecular complexity index is 562. The molecular weight excluding hydrogens is 316 g/mol. The van der Waals surface area contributed by atoms with Crippen molar-refractivity contribution < 1.29 is 46.5 Å². The SMILES string of the molecule is O=C1OC2C3CC(CC13)C2OC(=O)C(F)(F)C(F)(F)C(=O)O. The standard InChI is InChI=1S/C12H10F4O6/c13-11(14,9(18)19)12(15,16)10(20)22-6-3-1-4-5(2-3)8(17)21-7(4)6/h3-7H,1-2H2,(H,18,19). The molecule has 10 heteroatoms. The van der Waals surface area contributed by atoms with E-state index in [4.69, 9.17) is 9.84 Å². The van der Waals surface area contributed by atoms with Gasteiger partial charge >= 0.3 is 29.8 Å². The fourth-order valence-corrected chi connectivity index (χ4v) is 3.52. The van der Waals surface area contributed by atoms with Gasteiger partial charge in [-0.3, -0.25) is 4.79 Å². The Balaban J connectivity index is 1.76. The van der Waals surface area contributed by atoms with Crippen molar-refractivity contribution in [3.05, 3.63) is 0 Å². The number of hydrogen-bond donors (Lipinski definition) is 1. The number of alkyl halides is 4. The number of carbonyl (C=O) groups is 3. The second-order valence-corrected chi connectivity index (χ2v) is 5.73. The molecule has 0 amide bonds. The molecule has 3 aliphatic rings. The Hall–Kier alpha value is -1.87. The maximum Gasteiger partial charge on any atom is 0.415 e. The predicted molar refractivity (Wildman–Crippen MR) is 57.0 cm³/mol. The Morgan fingerprint density at radius 2 is 1.82 bits per heavy atom. The van der Waals surface area contributed by atoms with E-state index in [0.29, 0.717) is 6.42 Å². The first-order valence-electron chi connectivity index (χ1n) is 6.48. The minimum absolute atomic E-state index is 0.274. The molecule has 122 valence electrons. The van der Waals surface area contributed by atoms with E-state index in [0.717, 1.165) is 0 Å². The molecule has 0 spiro atoms. The van der Waals surface area contributed by atoms with E-state index < -0.39 is 47.9 Å². The average molecular weight is 326 g/mol. The van der Waals surface area contributed by atoms with E-state index in [9.17, 15) is 31.9 Å². The van der Waals surface area contributed by atoms with E-state index in [-0.39, 0.29) is 18.3 Å².